The molecule has 0 atom stereocenters. The molecule has 172 valence electrons. The lowest BCUT2D eigenvalue weighted by Crippen LogP contribution is -2.44. The Hall–Kier alpha value is -3.01. The summed E-state index contributed by atoms with van der Waals surface area (Å²) in [6.07, 6.45) is 3.88. The van der Waals surface area contributed by atoms with Gasteiger partial charge in [0, 0.05) is 63.3 Å². The molecule has 0 saturated carbocycles. The summed E-state index contributed by atoms with van der Waals surface area (Å²) in [5.74, 6) is 2.12. The van der Waals surface area contributed by atoms with Crippen molar-refractivity contribution in [3.05, 3.63) is 48.2 Å². The quantitative estimate of drug-likeness (QED) is 0.600. The van der Waals surface area contributed by atoms with Crippen molar-refractivity contribution in [3.8, 4) is 23.0 Å². The van der Waals surface area contributed by atoms with Crippen LogP contribution in [-0.2, 0) is 17.9 Å². The van der Waals surface area contributed by atoms with Gasteiger partial charge in [-0.25, -0.2) is 15.0 Å². The number of aromatic nitrogens is 4. The summed E-state index contributed by atoms with van der Waals surface area (Å²) >= 11 is 0. The van der Waals surface area contributed by atoms with E-state index in [9.17, 15) is 0 Å². The van der Waals surface area contributed by atoms with Crippen LogP contribution in [-0.4, -0.2) is 88.8 Å². The summed E-state index contributed by atoms with van der Waals surface area (Å²) in [5.41, 5.74) is 4.13. The fourth-order valence-electron chi connectivity index (χ4n) is 4.63. The van der Waals surface area contributed by atoms with Gasteiger partial charge in [-0.1, -0.05) is 12.1 Å². The predicted molar refractivity (Wildman–Crippen MR) is 125 cm³/mol. The van der Waals surface area contributed by atoms with Gasteiger partial charge in [0.15, 0.2) is 5.82 Å². The highest BCUT2D eigenvalue weighted by atomic mass is 16.5. The second-order valence-corrected chi connectivity index (χ2v) is 8.92. The molecule has 2 saturated heterocycles. The molecule has 0 amide bonds. The molecular weight excluding hydrogens is 418 g/mol. The van der Waals surface area contributed by atoms with Crippen molar-refractivity contribution < 1.29 is 9.47 Å². The van der Waals surface area contributed by atoms with E-state index in [0.29, 0.717) is 18.3 Å². The van der Waals surface area contributed by atoms with Gasteiger partial charge >= 0.3 is 0 Å². The fourth-order valence-corrected chi connectivity index (χ4v) is 4.63. The first kappa shape index (κ1) is 20.6. The van der Waals surface area contributed by atoms with Crippen LogP contribution < -0.4 is 9.64 Å². The van der Waals surface area contributed by atoms with Crippen molar-refractivity contribution >= 4 is 5.69 Å². The van der Waals surface area contributed by atoms with Crippen molar-refractivity contribution in [2.24, 2.45) is 0 Å². The molecule has 3 aromatic rings. The number of imidazole rings is 1. The molecule has 6 rings (SSSR count). The molecule has 9 heteroatoms. The average Bonchev–Trinajstić information content (AvgIpc) is 3.28. The number of nitrogens with zero attached hydrogens (tertiary/aromatic N) is 7. The number of hydrogen-bond acceptors (Lipinski definition) is 8. The summed E-state index contributed by atoms with van der Waals surface area (Å²) in [6.45, 7) is 8.96. The van der Waals surface area contributed by atoms with Crippen LogP contribution >= 0.6 is 0 Å². The van der Waals surface area contributed by atoms with Crippen LogP contribution in [0.3, 0.4) is 0 Å². The monoisotopic (exact) mass is 447 g/mol. The van der Waals surface area contributed by atoms with Gasteiger partial charge in [-0.05, 0) is 19.2 Å². The highest BCUT2D eigenvalue weighted by Crippen LogP contribution is 2.30. The predicted octanol–water partition coefficient (Wildman–Crippen LogP) is 1.81. The number of morpholine rings is 1. The van der Waals surface area contributed by atoms with E-state index in [2.05, 4.69) is 52.2 Å². The Kier molecular flexibility index (Phi) is 5.45. The normalized spacial score (nSPS) is 19.1. The molecule has 0 bridgehead atoms. The molecule has 2 fully saturated rings. The van der Waals surface area contributed by atoms with E-state index >= 15 is 0 Å². The Labute approximate surface area is 193 Å². The van der Waals surface area contributed by atoms with Gasteiger partial charge in [0.2, 0.25) is 5.82 Å². The van der Waals surface area contributed by atoms with Gasteiger partial charge in [0.1, 0.15) is 6.61 Å². The van der Waals surface area contributed by atoms with E-state index in [0.717, 1.165) is 81.8 Å². The fraction of sp³-hybridized carbons (Fsp3) is 0.458. The zero-order chi connectivity index (χ0) is 22.2. The molecule has 9 nitrogen and oxygen atoms in total. The maximum absolute atomic E-state index is 5.94. The first-order valence-corrected chi connectivity index (χ1v) is 11.6. The van der Waals surface area contributed by atoms with Gasteiger partial charge in [-0.15, -0.1) is 0 Å². The van der Waals surface area contributed by atoms with Gasteiger partial charge in [0.25, 0.3) is 5.88 Å². The standard InChI is InChI=1S/C24H29N7O2/c1-28-6-8-30(9-7-28)20-4-2-18(3-5-20)21-14-25-23-24(27-21)33-17-22-26-19(16-31(22)23)15-29-10-12-32-13-11-29/h2-5,14,16H,6-13,15,17H2,1H3. The Bertz CT molecular complexity index is 1120. The van der Waals surface area contributed by atoms with Crippen molar-refractivity contribution in [1.29, 1.82) is 0 Å². The second-order valence-electron chi connectivity index (χ2n) is 8.92. The Morgan fingerprint density at radius 2 is 1.73 bits per heavy atom. The van der Waals surface area contributed by atoms with E-state index in [4.69, 9.17) is 24.4 Å². The Morgan fingerprint density at radius 1 is 0.939 bits per heavy atom. The lowest BCUT2D eigenvalue weighted by molar-refractivity contribution is 0.0337. The molecule has 0 spiro atoms. The van der Waals surface area contributed by atoms with Crippen LogP contribution in [0.15, 0.2) is 36.7 Å². The van der Waals surface area contributed by atoms with Crippen molar-refractivity contribution in [2.45, 2.75) is 13.2 Å². The molecule has 2 aromatic heterocycles. The third-order valence-corrected chi connectivity index (χ3v) is 6.64. The minimum atomic E-state index is 0.399. The van der Waals surface area contributed by atoms with Gasteiger partial charge in [-0.3, -0.25) is 9.47 Å². The highest BCUT2D eigenvalue weighted by Gasteiger charge is 2.24. The molecule has 0 unspecified atom stereocenters. The van der Waals surface area contributed by atoms with Crippen LogP contribution in [0.5, 0.6) is 5.88 Å². The number of benzene rings is 1. The zero-order valence-corrected chi connectivity index (χ0v) is 19.0. The molecule has 0 aliphatic carbocycles. The summed E-state index contributed by atoms with van der Waals surface area (Å²) in [5, 5.41) is 0. The van der Waals surface area contributed by atoms with Gasteiger partial charge in [0.05, 0.1) is 30.8 Å². The molecule has 3 aliphatic rings. The van der Waals surface area contributed by atoms with Crippen LogP contribution in [0.25, 0.3) is 17.1 Å². The van der Waals surface area contributed by atoms with Crippen LogP contribution in [0.1, 0.15) is 11.5 Å². The van der Waals surface area contributed by atoms with Crippen LogP contribution in [0.4, 0.5) is 5.69 Å². The minimum Gasteiger partial charge on any atom is -0.467 e. The highest BCUT2D eigenvalue weighted by molar-refractivity contribution is 5.64. The number of likely N-dealkylation sites (N-methyl/N-ethyl adjacent to an activating group) is 1. The molecule has 33 heavy (non-hydrogen) atoms. The van der Waals surface area contributed by atoms with Crippen molar-refractivity contribution in [3.63, 3.8) is 0 Å². The Morgan fingerprint density at radius 3 is 2.52 bits per heavy atom. The molecule has 5 heterocycles. The number of hydrogen-bond donors (Lipinski definition) is 0. The number of piperazine rings is 1. The lowest BCUT2D eigenvalue weighted by Gasteiger charge is -2.34. The summed E-state index contributed by atoms with van der Waals surface area (Å²) in [6, 6.07) is 8.59. The minimum absolute atomic E-state index is 0.399. The van der Waals surface area contributed by atoms with Crippen molar-refractivity contribution in [2.75, 3.05) is 64.4 Å². The topological polar surface area (TPSA) is 71.8 Å². The molecule has 0 radical (unpaired) electrons. The molecule has 0 N–H and O–H groups in total. The van der Waals surface area contributed by atoms with E-state index in [-0.39, 0.29) is 0 Å². The maximum Gasteiger partial charge on any atom is 0.259 e. The largest absolute Gasteiger partial charge is 0.467 e. The van der Waals surface area contributed by atoms with Gasteiger partial charge in [-0.2, -0.15) is 0 Å². The van der Waals surface area contributed by atoms with Crippen LogP contribution in [0.2, 0.25) is 0 Å². The maximum atomic E-state index is 5.94. The van der Waals surface area contributed by atoms with Crippen LogP contribution in [0, 0.1) is 0 Å². The van der Waals surface area contributed by atoms with E-state index in [1.54, 1.807) is 0 Å². The third-order valence-electron chi connectivity index (χ3n) is 6.64. The number of fused-ring (bicyclic) bond motifs is 3. The smallest absolute Gasteiger partial charge is 0.259 e. The SMILES string of the molecule is CN1CCN(c2ccc(-c3cnc4c(n3)OCc3nc(CN5CCOCC5)cn3-4)cc2)CC1. The van der Waals surface area contributed by atoms with Crippen molar-refractivity contribution in [1.82, 2.24) is 29.3 Å². The van der Waals surface area contributed by atoms with E-state index < -0.39 is 0 Å². The van der Waals surface area contributed by atoms with E-state index in [1.807, 2.05) is 10.8 Å². The Balaban J connectivity index is 1.20. The molecule has 3 aliphatic heterocycles. The molecule has 1 aromatic carbocycles. The molecular formula is C24H29N7O2. The van der Waals surface area contributed by atoms with E-state index in [1.165, 1.54) is 5.69 Å². The number of ether oxygens (including phenoxy) is 2. The third kappa shape index (κ3) is 4.19. The first-order valence-electron chi connectivity index (χ1n) is 11.6. The number of anilines is 1. The number of rotatable bonds is 4. The second kappa shape index (κ2) is 8.74. The average molecular weight is 448 g/mol. The zero-order valence-electron chi connectivity index (χ0n) is 19.0. The lowest BCUT2D eigenvalue weighted by atomic mass is 10.1. The summed E-state index contributed by atoms with van der Waals surface area (Å²) < 4.78 is 13.4. The summed E-state index contributed by atoms with van der Waals surface area (Å²) in [4.78, 5) is 21.4. The summed E-state index contributed by atoms with van der Waals surface area (Å²) in [7, 11) is 2.18. The van der Waals surface area contributed by atoms with Gasteiger partial charge < -0.3 is 19.3 Å². The first-order chi connectivity index (χ1) is 16.2.